The lowest BCUT2D eigenvalue weighted by molar-refractivity contribution is -0.126. The number of nitrogens with zero attached hydrogens (tertiary/aromatic N) is 1. The number of nitrogens with two attached hydrogens (primary N) is 1. The van der Waals surface area contributed by atoms with Crippen molar-refractivity contribution in [3.63, 3.8) is 0 Å². The van der Waals surface area contributed by atoms with Crippen LogP contribution in [0.5, 0.6) is 0 Å². The molecule has 0 spiro atoms. The van der Waals surface area contributed by atoms with Gasteiger partial charge in [-0.1, -0.05) is 12.8 Å². The number of nitrogens with one attached hydrogen (secondary N) is 1. The first-order chi connectivity index (χ1) is 7.70. The van der Waals surface area contributed by atoms with Crippen LogP contribution in [0.25, 0.3) is 0 Å². The summed E-state index contributed by atoms with van der Waals surface area (Å²) < 4.78 is 0. The van der Waals surface area contributed by atoms with Crippen molar-refractivity contribution in [3.05, 3.63) is 0 Å². The summed E-state index contributed by atoms with van der Waals surface area (Å²) in [5.74, 6) is 0.128. The van der Waals surface area contributed by atoms with Crippen LogP contribution in [0.1, 0.15) is 39.5 Å². The number of hydrogen-bond acceptors (Lipinski definition) is 3. The molecule has 1 rings (SSSR count). The molecule has 0 aromatic rings. The Labute approximate surface area is 98.6 Å². The molecule has 1 atom stereocenters. The van der Waals surface area contributed by atoms with E-state index in [9.17, 15) is 4.79 Å². The Morgan fingerprint density at radius 1 is 1.50 bits per heavy atom. The predicted octanol–water partition coefficient (Wildman–Crippen LogP) is 0.714. The largest absolute Gasteiger partial charge is 0.355 e. The molecule has 94 valence electrons. The van der Waals surface area contributed by atoms with E-state index < -0.39 is 0 Å². The van der Waals surface area contributed by atoms with Crippen molar-refractivity contribution in [3.8, 4) is 0 Å². The van der Waals surface area contributed by atoms with Crippen LogP contribution in [-0.4, -0.2) is 42.5 Å². The molecule has 0 saturated heterocycles. The van der Waals surface area contributed by atoms with E-state index in [1.54, 1.807) is 0 Å². The normalized spacial score (nSPS) is 19.0. The molecule has 1 saturated carbocycles. The molecule has 1 amide bonds. The van der Waals surface area contributed by atoms with Gasteiger partial charge in [0.05, 0.1) is 6.04 Å². The second-order valence-electron chi connectivity index (χ2n) is 4.54. The zero-order valence-corrected chi connectivity index (χ0v) is 10.5. The molecule has 0 aromatic heterocycles. The van der Waals surface area contributed by atoms with Crippen LogP contribution in [0.3, 0.4) is 0 Å². The molecule has 4 nitrogen and oxygen atoms in total. The maximum Gasteiger partial charge on any atom is 0.237 e. The van der Waals surface area contributed by atoms with Crippen molar-refractivity contribution in [1.29, 1.82) is 0 Å². The van der Waals surface area contributed by atoms with Gasteiger partial charge in [0, 0.05) is 25.7 Å². The van der Waals surface area contributed by atoms with E-state index in [1.165, 1.54) is 25.7 Å². The van der Waals surface area contributed by atoms with Crippen LogP contribution >= 0.6 is 0 Å². The van der Waals surface area contributed by atoms with Crippen LogP contribution in [0.4, 0.5) is 0 Å². The standard InChI is InChI=1S/C12H25N3O/c1-3-14-12(16)10(2)15(9-8-13)11-6-4-5-7-11/h10-11H,3-9,13H2,1-2H3,(H,14,16). The maximum absolute atomic E-state index is 11.8. The molecule has 0 aromatic carbocycles. The van der Waals surface area contributed by atoms with Crippen LogP contribution in [-0.2, 0) is 4.79 Å². The summed E-state index contributed by atoms with van der Waals surface area (Å²) in [5, 5.41) is 2.89. The van der Waals surface area contributed by atoms with Gasteiger partial charge in [-0.05, 0) is 26.7 Å². The van der Waals surface area contributed by atoms with Crippen molar-refractivity contribution >= 4 is 5.91 Å². The number of hydrogen-bond donors (Lipinski definition) is 2. The number of likely N-dealkylation sites (N-methyl/N-ethyl adjacent to an activating group) is 1. The van der Waals surface area contributed by atoms with E-state index >= 15 is 0 Å². The molecule has 1 fully saturated rings. The predicted molar refractivity (Wildman–Crippen MR) is 66.2 cm³/mol. The summed E-state index contributed by atoms with van der Waals surface area (Å²) >= 11 is 0. The van der Waals surface area contributed by atoms with Gasteiger partial charge in [-0.15, -0.1) is 0 Å². The Morgan fingerprint density at radius 2 is 2.12 bits per heavy atom. The average Bonchev–Trinajstić information content (AvgIpc) is 2.78. The van der Waals surface area contributed by atoms with E-state index in [0.717, 1.165) is 6.54 Å². The third-order valence-corrected chi connectivity index (χ3v) is 3.41. The molecular weight excluding hydrogens is 202 g/mol. The Kier molecular flexibility index (Phi) is 5.77. The summed E-state index contributed by atoms with van der Waals surface area (Å²) in [4.78, 5) is 14.1. The van der Waals surface area contributed by atoms with Gasteiger partial charge in [-0.3, -0.25) is 9.69 Å². The van der Waals surface area contributed by atoms with Crippen molar-refractivity contribution in [2.75, 3.05) is 19.6 Å². The lowest BCUT2D eigenvalue weighted by Crippen LogP contribution is -2.50. The quantitative estimate of drug-likeness (QED) is 0.703. The highest BCUT2D eigenvalue weighted by Gasteiger charge is 2.29. The fourth-order valence-corrected chi connectivity index (χ4v) is 2.55. The third-order valence-electron chi connectivity index (χ3n) is 3.41. The Balaban J connectivity index is 2.56. The van der Waals surface area contributed by atoms with Crippen LogP contribution in [0, 0.1) is 0 Å². The summed E-state index contributed by atoms with van der Waals surface area (Å²) in [6.07, 6.45) is 5.00. The Bertz CT molecular complexity index is 214. The lowest BCUT2D eigenvalue weighted by atomic mass is 10.1. The molecule has 0 heterocycles. The van der Waals surface area contributed by atoms with Gasteiger partial charge >= 0.3 is 0 Å². The van der Waals surface area contributed by atoms with Gasteiger partial charge in [0.2, 0.25) is 5.91 Å². The van der Waals surface area contributed by atoms with E-state index in [4.69, 9.17) is 5.73 Å². The van der Waals surface area contributed by atoms with E-state index in [0.29, 0.717) is 19.1 Å². The van der Waals surface area contributed by atoms with Crippen LogP contribution in [0.15, 0.2) is 0 Å². The van der Waals surface area contributed by atoms with Crippen LogP contribution in [0.2, 0.25) is 0 Å². The fraction of sp³-hybridized carbons (Fsp3) is 0.917. The molecule has 0 bridgehead atoms. The minimum absolute atomic E-state index is 0.0494. The average molecular weight is 227 g/mol. The first-order valence-electron chi connectivity index (χ1n) is 6.44. The van der Waals surface area contributed by atoms with E-state index in [1.807, 2.05) is 13.8 Å². The molecule has 0 radical (unpaired) electrons. The first kappa shape index (κ1) is 13.5. The zero-order chi connectivity index (χ0) is 12.0. The van der Waals surface area contributed by atoms with E-state index in [-0.39, 0.29) is 11.9 Å². The summed E-state index contributed by atoms with van der Waals surface area (Å²) in [5.41, 5.74) is 5.64. The van der Waals surface area contributed by atoms with Gasteiger partial charge in [0.15, 0.2) is 0 Å². The summed E-state index contributed by atoms with van der Waals surface area (Å²) in [6.45, 7) is 6.08. The zero-order valence-electron chi connectivity index (χ0n) is 10.5. The topological polar surface area (TPSA) is 58.4 Å². The molecule has 4 heteroatoms. The van der Waals surface area contributed by atoms with Gasteiger partial charge in [0.25, 0.3) is 0 Å². The lowest BCUT2D eigenvalue weighted by Gasteiger charge is -2.33. The molecule has 1 aliphatic rings. The van der Waals surface area contributed by atoms with Crippen molar-refractivity contribution in [2.24, 2.45) is 5.73 Å². The second kappa shape index (κ2) is 6.86. The smallest absolute Gasteiger partial charge is 0.237 e. The molecule has 16 heavy (non-hydrogen) atoms. The Hall–Kier alpha value is -0.610. The Morgan fingerprint density at radius 3 is 2.62 bits per heavy atom. The van der Waals surface area contributed by atoms with Gasteiger partial charge < -0.3 is 11.1 Å². The van der Waals surface area contributed by atoms with Crippen molar-refractivity contribution in [2.45, 2.75) is 51.6 Å². The molecule has 1 unspecified atom stereocenters. The highest BCUT2D eigenvalue weighted by atomic mass is 16.2. The number of rotatable bonds is 6. The molecule has 1 aliphatic carbocycles. The third kappa shape index (κ3) is 3.46. The monoisotopic (exact) mass is 227 g/mol. The van der Waals surface area contributed by atoms with Gasteiger partial charge in [0.1, 0.15) is 0 Å². The summed E-state index contributed by atoms with van der Waals surface area (Å²) in [7, 11) is 0. The number of carbonyl (C=O) groups is 1. The molecule has 0 aliphatic heterocycles. The minimum Gasteiger partial charge on any atom is -0.355 e. The maximum atomic E-state index is 11.8. The first-order valence-corrected chi connectivity index (χ1v) is 6.44. The minimum atomic E-state index is -0.0494. The van der Waals surface area contributed by atoms with Gasteiger partial charge in [-0.2, -0.15) is 0 Å². The highest BCUT2D eigenvalue weighted by Crippen LogP contribution is 2.24. The fourth-order valence-electron chi connectivity index (χ4n) is 2.55. The number of carbonyl (C=O) groups excluding carboxylic acids is 1. The second-order valence-corrected chi connectivity index (χ2v) is 4.54. The van der Waals surface area contributed by atoms with Gasteiger partial charge in [-0.25, -0.2) is 0 Å². The van der Waals surface area contributed by atoms with E-state index in [2.05, 4.69) is 10.2 Å². The molecular formula is C12H25N3O. The number of amides is 1. The highest BCUT2D eigenvalue weighted by molar-refractivity contribution is 5.81. The SMILES string of the molecule is CCNC(=O)C(C)N(CCN)C1CCCC1. The van der Waals surface area contributed by atoms with Crippen LogP contribution < -0.4 is 11.1 Å². The molecule has 3 N–H and O–H groups in total. The van der Waals surface area contributed by atoms with Crippen molar-refractivity contribution in [1.82, 2.24) is 10.2 Å². The van der Waals surface area contributed by atoms with Crippen molar-refractivity contribution < 1.29 is 4.79 Å². The summed E-state index contributed by atoms with van der Waals surface area (Å²) in [6, 6.07) is 0.507.